The zero-order valence-corrected chi connectivity index (χ0v) is 15.0. The normalized spacial score (nSPS) is 12.7. The smallest absolute Gasteiger partial charge is 0.271 e. The van der Waals surface area contributed by atoms with Crippen LogP contribution in [0.4, 0.5) is 0 Å². The summed E-state index contributed by atoms with van der Waals surface area (Å²) in [5.74, 6) is 0.890. The Morgan fingerprint density at radius 1 is 1.31 bits per heavy atom. The number of carbonyl (C=O) groups excluding carboxylic acids is 1. The number of nitrogens with zero attached hydrogens (tertiary/aromatic N) is 3. The van der Waals surface area contributed by atoms with E-state index >= 15 is 0 Å². The number of benzene rings is 1. The highest BCUT2D eigenvalue weighted by atomic mass is 32.1. The van der Waals surface area contributed by atoms with Gasteiger partial charge in [-0.2, -0.15) is 5.10 Å². The summed E-state index contributed by atoms with van der Waals surface area (Å²) in [5, 5.41) is 6.93. The maximum Gasteiger partial charge on any atom is 0.271 e. The van der Waals surface area contributed by atoms with Crippen LogP contribution in [0.5, 0.6) is 11.5 Å². The number of fused-ring (bicyclic) bond motifs is 1. The van der Waals surface area contributed by atoms with E-state index in [0.717, 1.165) is 22.1 Å². The standard InChI is InChI=1S/C18H16N4O3S/c1-11-7-14(12(2)22(11)18-19-5-6-26-18)9-20-21-17(23)13-3-4-15-16(8-13)25-10-24-15/h3-9H,10H2,1-2H3,(H,21,23)/b20-9-. The molecule has 0 unspecified atom stereocenters. The molecule has 1 aliphatic heterocycles. The highest BCUT2D eigenvalue weighted by Gasteiger charge is 2.16. The van der Waals surface area contributed by atoms with Crippen molar-refractivity contribution in [2.75, 3.05) is 6.79 Å². The molecule has 0 saturated carbocycles. The molecule has 1 N–H and O–H groups in total. The first-order chi connectivity index (χ1) is 12.6. The number of aromatic nitrogens is 2. The molecule has 3 aromatic rings. The van der Waals surface area contributed by atoms with E-state index in [1.54, 1.807) is 41.9 Å². The second kappa shape index (κ2) is 6.64. The Kier molecular flexibility index (Phi) is 4.18. The van der Waals surface area contributed by atoms with Crippen LogP contribution in [-0.2, 0) is 0 Å². The third kappa shape index (κ3) is 2.95. The van der Waals surface area contributed by atoms with Crippen LogP contribution in [0.3, 0.4) is 0 Å². The Morgan fingerprint density at radius 3 is 2.96 bits per heavy atom. The number of hydrogen-bond acceptors (Lipinski definition) is 6. The maximum absolute atomic E-state index is 12.2. The van der Waals surface area contributed by atoms with Gasteiger partial charge in [-0.3, -0.25) is 9.36 Å². The summed E-state index contributed by atoms with van der Waals surface area (Å²) < 4.78 is 12.6. The van der Waals surface area contributed by atoms with Crippen molar-refractivity contribution in [3.8, 4) is 16.6 Å². The SMILES string of the molecule is Cc1cc(/C=N\NC(=O)c2ccc3c(c2)OCO3)c(C)n1-c1nccs1. The minimum Gasteiger partial charge on any atom is -0.454 e. The summed E-state index contributed by atoms with van der Waals surface area (Å²) in [6.07, 6.45) is 3.41. The van der Waals surface area contributed by atoms with Crippen LogP contribution in [0.25, 0.3) is 5.13 Å². The number of aryl methyl sites for hydroxylation is 1. The lowest BCUT2D eigenvalue weighted by Crippen LogP contribution is -2.17. The third-order valence-corrected chi connectivity index (χ3v) is 4.84. The van der Waals surface area contributed by atoms with Crippen molar-refractivity contribution in [3.63, 3.8) is 0 Å². The summed E-state index contributed by atoms with van der Waals surface area (Å²) in [5.41, 5.74) is 5.99. The van der Waals surface area contributed by atoms with Gasteiger partial charge in [0.2, 0.25) is 6.79 Å². The van der Waals surface area contributed by atoms with Crippen LogP contribution in [0, 0.1) is 13.8 Å². The van der Waals surface area contributed by atoms with Gasteiger partial charge in [0, 0.05) is 34.1 Å². The van der Waals surface area contributed by atoms with Gasteiger partial charge in [-0.15, -0.1) is 11.3 Å². The average Bonchev–Trinajstić information content (AvgIpc) is 3.35. The highest BCUT2D eigenvalue weighted by molar-refractivity contribution is 7.12. The molecule has 26 heavy (non-hydrogen) atoms. The van der Waals surface area contributed by atoms with E-state index < -0.39 is 0 Å². The van der Waals surface area contributed by atoms with Crippen LogP contribution in [0.1, 0.15) is 27.3 Å². The van der Waals surface area contributed by atoms with Crippen molar-refractivity contribution in [1.82, 2.24) is 15.0 Å². The van der Waals surface area contributed by atoms with Gasteiger partial charge in [0.15, 0.2) is 16.6 Å². The predicted molar refractivity (Wildman–Crippen MR) is 98.5 cm³/mol. The van der Waals surface area contributed by atoms with Crippen molar-refractivity contribution in [2.45, 2.75) is 13.8 Å². The van der Waals surface area contributed by atoms with E-state index in [-0.39, 0.29) is 12.7 Å². The number of hydrazone groups is 1. The summed E-state index contributed by atoms with van der Waals surface area (Å²) in [6.45, 7) is 4.18. The molecule has 3 heterocycles. The average molecular weight is 368 g/mol. The van der Waals surface area contributed by atoms with Crippen LogP contribution in [0.2, 0.25) is 0 Å². The van der Waals surface area contributed by atoms with Crippen LogP contribution in [0.15, 0.2) is 40.9 Å². The van der Waals surface area contributed by atoms with Crippen LogP contribution >= 0.6 is 11.3 Å². The van der Waals surface area contributed by atoms with Crippen LogP contribution < -0.4 is 14.9 Å². The number of rotatable bonds is 4. The molecule has 0 saturated heterocycles. The van der Waals surface area contributed by atoms with Gasteiger partial charge in [-0.25, -0.2) is 10.4 Å². The maximum atomic E-state index is 12.2. The fourth-order valence-corrected chi connectivity index (χ4v) is 3.55. The van der Waals surface area contributed by atoms with Crippen molar-refractivity contribution >= 4 is 23.5 Å². The number of hydrogen-bond donors (Lipinski definition) is 1. The minimum absolute atomic E-state index is 0.174. The fourth-order valence-electron chi connectivity index (χ4n) is 2.80. The summed E-state index contributed by atoms with van der Waals surface area (Å²) in [4.78, 5) is 16.6. The summed E-state index contributed by atoms with van der Waals surface area (Å²) in [7, 11) is 0. The van der Waals surface area contributed by atoms with E-state index in [0.29, 0.717) is 17.1 Å². The largest absolute Gasteiger partial charge is 0.454 e. The van der Waals surface area contributed by atoms with Crippen molar-refractivity contribution in [2.24, 2.45) is 5.10 Å². The third-order valence-electron chi connectivity index (χ3n) is 4.09. The number of ether oxygens (including phenoxy) is 2. The first kappa shape index (κ1) is 16.3. The molecule has 0 radical (unpaired) electrons. The Hall–Kier alpha value is -3.13. The molecule has 132 valence electrons. The molecular formula is C18H16N4O3S. The molecule has 1 aromatic carbocycles. The van der Waals surface area contributed by atoms with E-state index in [1.807, 2.05) is 25.3 Å². The lowest BCUT2D eigenvalue weighted by Gasteiger charge is -2.04. The van der Waals surface area contributed by atoms with Crippen molar-refractivity contribution in [3.05, 3.63) is 58.4 Å². The second-order valence-corrected chi connectivity index (χ2v) is 6.62. The molecule has 0 atom stereocenters. The van der Waals surface area contributed by atoms with Gasteiger partial charge in [-0.05, 0) is 38.1 Å². The first-order valence-corrected chi connectivity index (χ1v) is 8.83. The Bertz CT molecular complexity index is 992. The van der Waals surface area contributed by atoms with E-state index in [1.165, 1.54) is 0 Å². The Morgan fingerprint density at radius 2 is 2.15 bits per heavy atom. The Balaban J connectivity index is 1.49. The number of amides is 1. The molecule has 4 rings (SSSR count). The predicted octanol–water partition coefficient (Wildman–Crippen LogP) is 3.04. The lowest BCUT2D eigenvalue weighted by molar-refractivity contribution is 0.0954. The molecule has 0 aliphatic carbocycles. The molecule has 2 aromatic heterocycles. The van der Waals surface area contributed by atoms with E-state index in [9.17, 15) is 4.79 Å². The quantitative estimate of drug-likeness (QED) is 0.567. The zero-order chi connectivity index (χ0) is 18.1. The van der Waals surface area contributed by atoms with Crippen LogP contribution in [-0.4, -0.2) is 28.5 Å². The molecule has 0 bridgehead atoms. The van der Waals surface area contributed by atoms with Crippen molar-refractivity contribution in [1.29, 1.82) is 0 Å². The number of carbonyl (C=O) groups is 1. The topological polar surface area (TPSA) is 77.7 Å². The van der Waals surface area contributed by atoms with E-state index in [4.69, 9.17) is 9.47 Å². The van der Waals surface area contributed by atoms with Gasteiger partial charge in [-0.1, -0.05) is 0 Å². The molecule has 1 aliphatic rings. The first-order valence-electron chi connectivity index (χ1n) is 7.95. The molecule has 8 heteroatoms. The fraction of sp³-hybridized carbons (Fsp3) is 0.167. The minimum atomic E-state index is -0.312. The second-order valence-electron chi connectivity index (χ2n) is 5.74. The zero-order valence-electron chi connectivity index (χ0n) is 14.2. The van der Waals surface area contributed by atoms with Gasteiger partial charge in [0.05, 0.1) is 6.21 Å². The lowest BCUT2D eigenvalue weighted by atomic mass is 10.2. The summed E-state index contributed by atoms with van der Waals surface area (Å²) >= 11 is 1.57. The van der Waals surface area contributed by atoms with Crippen molar-refractivity contribution < 1.29 is 14.3 Å². The molecule has 0 fully saturated rings. The number of nitrogens with one attached hydrogen (secondary N) is 1. The molecule has 1 amide bonds. The number of thiazole rings is 1. The van der Waals surface area contributed by atoms with Gasteiger partial charge >= 0.3 is 0 Å². The highest BCUT2D eigenvalue weighted by Crippen LogP contribution is 2.32. The summed E-state index contributed by atoms with van der Waals surface area (Å²) in [6, 6.07) is 7.03. The van der Waals surface area contributed by atoms with Gasteiger partial charge < -0.3 is 9.47 Å². The van der Waals surface area contributed by atoms with Gasteiger partial charge in [0.1, 0.15) is 0 Å². The monoisotopic (exact) mass is 368 g/mol. The molecular weight excluding hydrogens is 352 g/mol. The molecule has 7 nitrogen and oxygen atoms in total. The Labute approximate surface area is 153 Å². The van der Waals surface area contributed by atoms with Gasteiger partial charge in [0.25, 0.3) is 5.91 Å². The molecule has 0 spiro atoms. The van der Waals surface area contributed by atoms with E-state index in [2.05, 4.69) is 20.1 Å².